The van der Waals surface area contributed by atoms with E-state index in [0.717, 1.165) is 11.3 Å². The fraction of sp³-hybridized carbons (Fsp3) is 0.471. The first kappa shape index (κ1) is 19.1. The van der Waals surface area contributed by atoms with E-state index in [4.69, 9.17) is 9.47 Å². The summed E-state index contributed by atoms with van der Waals surface area (Å²) in [5.74, 6) is 0.543. The molecule has 0 bridgehead atoms. The van der Waals surface area contributed by atoms with Gasteiger partial charge in [0, 0.05) is 24.4 Å². The first-order chi connectivity index (χ1) is 12.0. The fourth-order valence-electron chi connectivity index (χ4n) is 2.46. The number of carbonyl (C=O) groups is 3. The number of benzene rings is 1. The predicted octanol–water partition coefficient (Wildman–Crippen LogP) is 1.97. The summed E-state index contributed by atoms with van der Waals surface area (Å²) in [6.45, 7) is 2.45. The van der Waals surface area contributed by atoms with E-state index in [-0.39, 0.29) is 30.2 Å². The van der Waals surface area contributed by atoms with Crippen molar-refractivity contribution in [3.05, 3.63) is 29.8 Å². The molecule has 0 radical (unpaired) electrons. The van der Waals surface area contributed by atoms with Crippen LogP contribution in [0.1, 0.15) is 24.9 Å². The van der Waals surface area contributed by atoms with Crippen molar-refractivity contribution < 1.29 is 23.9 Å². The third kappa shape index (κ3) is 5.67. The van der Waals surface area contributed by atoms with Crippen molar-refractivity contribution >= 4 is 28.9 Å². The molecule has 25 heavy (non-hydrogen) atoms. The van der Waals surface area contributed by atoms with Gasteiger partial charge in [0.2, 0.25) is 0 Å². The number of amides is 2. The summed E-state index contributed by atoms with van der Waals surface area (Å²) in [5.41, 5.74) is 0.842. The number of nitrogens with one attached hydrogen (secondary N) is 1. The molecule has 0 saturated carbocycles. The molecule has 7 nitrogen and oxygen atoms in total. The molecule has 1 aliphatic rings. The van der Waals surface area contributed by atoms with Crippen molar-refractivity contribution in [2.24, 2.45) is 0 Å². The van der Waals surface area contributed by atoms with Crippen molar-refractivity contribution in [2.75, 3.05) is 32.6 Å². The van der Waals surface area contributed by atoms with E-state index < -0.39 is 5.97 Å². The summed E-state index contributed by atoms with van der Waals surface area (Å²) in [4.78, 5) is 36.7. The smallest absolute Gasteiger partial charge is 0.308 e. The van der Waals surface area contributed by atoms with Crippen LogP contribution < -0.4 is 10.1 Å². The lowest BCUT2D eigenvalue weighted by Gasteiger charge is -2.17. The van der Waals surface area contributed by atoms with E-state index >= 15 is 0 Å². The molecule has 1 unspecified atom stereocenters. The molecule has 2 rings (SSSR count). The minimum Gasteiger partial charge on any atom is -0.496 e. The highest BCUT2D eigenvalue weighted by molar-refractivity contribution is 8.13. The van der Waals surface area contributed by atoms with Crippen molar-refractivity contribution in [2.45, 2.75) is 19.4 Å². The Kier molecular flexibility index (Phi) is 7.12. The maximum atomic E-state index is 11.9. The lowest BCUT2D eigenvalue weighted by molar-refractivity contribution is -0.148. The Morgan fingerprint density at radius 2 is 2.12 bits per heavy atom. The topological polar surface area (TPSA) is 84.9 Å². The number of hydrogen-bond donors (Lipinski definition) is 1. The largest absolute Gasteiger partial charge is 0.496 e. The molecule has 1 saturated heterocycles. The summed E-state index contributed by atoms with van der Waals surface area (Å²) in [5, 5.41) is 2.75. The summed E-state index contributed by atoms with van der Waals surface area (Å²) >= 11 is 1.24. The number of methoxy groups -OCH3 is 1. The summed E-state index contributed by atoms with van der Waals surface area (Å²) in [7, 11) is 1.57. The molecule has 136 valence electrons. The molecule has 2 amide bonds. The molecular weight excluding hydrogens is 344 g/mol. The Morgan fingerprint density at radius 3 is 2.80 bits per heavy atom. The van der Waals surface area contributed by atoms with Gasteiger partial charge in [-0.25, -0.2) is 0 Å². The SMILES string of the molecule is COc1ccccc1C(C)NC(=O)COC(=O)CCN1CCSC1=O. The number of thioether (sulfide) groups is 1. The molecule has 0 aliphatic carbocycles. The zero-order valence-electron chi connectivity index (χ0n) is 14.3. The number of carbonyl (C=O) groups excluding carboxylic acids is 3. The summed E-state index contributed by atoms with van der Waals surface area (Å²) in [6, 6.07) is 7.11. The molecule has 1 heterocycles. The Balaban J connectivity index is 1.72. The Labute approximate surface area is 151 Å². The highest BCUT2D eigenvalue weighted by Gasteiger charge is 2.22. The van der Waals surface area contributed by atoms with Crippen LogP contribution in [0.25, 0.3) is 0 Å². The van der Waals surface area contributed by atoms with Gasteiger partial charge < -0.3 is 19.7 Å². The number of esters is 1. The summed E-state index contributed by atoms with van der Waals surface area (Å²) in [6.07, 6.45) is 0.0850. The van der Waals surface area contributed by atoms with Crippen molar-refractivity contribution in [1.29, 1.82) is 0 Å². The van der Waals surface area contributed by atoms with Gasteiger partial charge in [-0.1, -0.05) is 30.0 Å². The van der Waals surface area contributed by atoms with Gasteiger partial charge in [0.1, 0.15) is 5.75 Å². The second kappa shape index (κ2) is 9.31. The van der Waals surface area contributed by atoms with Crippen LogP contribution in [0, 0.1) is 0 Å². The van der Waals surface area contributed by atoms with Gasteiger partial charge in [-0.05, 0) is 13.0 Å². The van der Waals surface area contributed by atoms with Crippen LogP contribution in [0.3, 0.4) is 0 Å². The Morgan fingerprint density at radius 1 is 1.36 bits per heavy atom. The van der Waals surface area contributed by atoms with E-state index in [1.165, 1.54) is 11.8 Å². The van der Waals surface area contributed by atoms with Crippen LogP contribution >= 0.6 is 11.8 Å². The first-order valence-corrected chi connectivity index (χ1v) is 8.99. The van der Waals surface area contributed by atoms with Gasteiger partial charge in [-0.3, -0.25) is 14.4 Å². The zero-order chi connectivity index (χ0) is 18.2. The quantitative estimate of drug-likeness (QED) is 0.708. The Bertz CT molecular complexity index is 637. The zero-order valence-corrected chi connectivity index (χ0v) is 15.1. The average molecular weight is 366 g/mol. The minimum absolute atomic E-state index is 0.0174. The predicted molar refractivity (Wildman–Crippen MR) is 94.6 cm³/mol. The maximum absolute atomic E-state index is 11.9. The van der Waals surface area contributed by atoms with E-state index in [1.807, 2.05) is 31.2 Å². The van der Waals surface area contributed by atoms with Gasteiger partial charge in [-0.15, -0.1) is 0 Å². The van der Waals surface area contributed by atoms with Crippen LogP contribution in [0.2, 0.25) is 0 Å². The van der Waals surface area contributed by atoms with Gasteiger partial charge >= 0.3 is 5.97 Å². The highest BCUT2D eigenvalue weighted by Crippen LogP contribution is 2.24. The van der Waals surface area contributed by atoms with Gasteiger partial charge in [0.05, 0.1) is 19.6 Å². The van der Waals surface area contributed by atoms with Gasteiger partial charge in [0.15, 0.2) is 6.61 Å². The van der Waals surface area contributed by atoms with E-state index in [1.54, 1.807) is 12.0 Å². The minimum atomic E-state index is -0.496. The average Bonchev–Trinajstić information content (AvgIpc) is 3.03. The number of para-hydroxylation sites is 1. The van der Waals surface area contributed by atoms with Crippen LogP contribution in [0.4, 0.5) is 4.79 Å². The maximum Gasteiger partial charge on any atom is 0.308 e. The number of ether oxygens (including phenoxy) is 2. The fourth-order valence-corrected chi connectivity index (χ4v) is 3.31. The summed E-state index contributed by atoms with van der Waals surface area (Å²) < 4.78 is 10.2. The van der Waals surface area contributed by atoms with E-state index in [0.29, 0.717) is 18.8 Å². The first-order valence-electron chi connectivity index (χ1n) is 8.01. The number of hydrogen-bond acceptors (Lipinski definition) is 6. The van der Waals surface area contributed by atoms with Crippen LogP contribution in [-0.2, 0) is 14.3 Å². The third-order valence-electron chi connectivity index (χ3n) is 3.78. The number of rotatable bonds is 8. The molecular formula is C17H22N2O5S. The molecule has 1 aromatic rings. The molecule has 8 heteroatoms. The van der Waals surface area contributed by atoms with Gasteiger partial charge in [0.25, 0.3) is 11.1 Å². The van der Waals surface area contributed by atoms with Crippen molar-refractivity contribution in [3.63, 3.8) is 0 Å². The molecule has 0 spiro atoms. The molecule has 1 aromatic carbocycles. The highest BCUT2D eigenvalue weighted by atomic mass is 32.2. The number of nitrogens with zero attached hydrogens (tertiary/aromatic N) is 1. The molecule has 1 fully saturated rings. The van der Waals surface area contributed by atoms with Crippen molar-refractivity contribution in [1.82, 2.24) is 10.2 Å². The van der Waals surface area contributed by atoms with Crippen molar-refractivity contribution in [3.8, 4) is 5.75 Å². The second-order valence-electron chi connectivity index (χ2n) is 5.54. The standard InChI is InChI=1S/C17H22N2O5S/c1-12(13-5-3-4-6-14(13)23-2)18-15(20)11-24-16(21)7-8-19-9-10-25-17(19)22/h3-6,12H,7-11H2,1-2H3,(H,18,20). The van der Waals surface area contributed by atoms with Crippen LogP contribution in [0.5, 0.6) is 5.75 Å². The normalized spacial score (nSPS) is 15.0. The monoisotopic (exact) mass is 366 g/mol. The van der Waals surface area contributed by atoms with E-state index in [9.17, 15) is 14.4 Å². The van der Waals surface area contributed by atoms with E-state index in [2.05, 4.69) is 5.32 Å². The Hall–Kier alpha value is -2.22. The van der Waals surface area contributed by atoms with Crippen LogP contribution in [-0.4, -0.2) is 54.6 Å². The lowest BCUT2D eigenvalue weighted by Crippen LogP contribution is -2.32. The second-order valence-corrected chi connectivity index (χ2v) is 6.59. The molecule has 1 atom stereocenters. The van der Waals surface area contributed by atoms with Crippen LogP contribution in [0.15, 0.2) is 24.3 Å². The van der Waals surface area contributed by atoms with Gasteiger partial charge in [-0.2, -0.15) is 0 Å². The third-order valence-corrected chi connectivity index (χ3v) is 4.67. The molecule has 1 aliphatic heterocycles. The molecule has 1 N–H and O–H groups in total. The molecule has 0 aromatic heterocycles. The lowest BCUT2D eigenvalue weighted by atomic mass is 10.1.